The summed E-state index contributed by atoms with van der Waals surface area (Å²) in [4.78, 5) is 46.4. The summed E-state index contributed by atoms with van der Waals surface area (Å²) in [5.74, 6) is -1.44. The first kappa shape index (κ1) is 27.1. The Morgan fingerprint density at radius 3 is 1.98 bits per heavy atom. The van der Waals surface area contributed by atoms with Gasteiger partial charge in [0.15, 0.2) is 10.3 Å². The smallest absolute Gasteiger partial charge is 0.290 e. The summed E-state index contributed by atoms with van der Waals surface area (Å²) < 4.78 is -0.786. The summed E-state index contributed by atoms with van der Waals surface area (Å²) >= 11 is 10.6. The molecule has 1 N–H and O–H groups in total. The third-order valence-electron chi connectivity index (χ3n) is 8.30. The minimum Gasteiger partial charge on any atom is -0.360 e. The number of fused-ring (bicyclic) bond motifs is 2. The highest BCUT2D eigenvalue weighted by Crippen LogP contribution is 2.63. The molecule has 208 valence electrons. The fourth-order valence-electron chi connectivity index (χ4n) is 6.49. The van der Waals surface area contributed by atoms with Gasteiger partial charge in [-0.1, -0.05) is 125 Å². The monoisotopic (exact) mass is 653 g/mol. The van der Waals surface area contributed by atoms with Crippen molar-refractivity contribution in [3.63, 3.8) is 0 Å². The van der Waals surface area contributed by atoms with E-state index >= 15 is 0 Å². The van der Waals surface area contributed by atoms with Crippen LogP contribution in [0.25, 0.3) is 0 Å². The van der Waals surface area contributed by atoms with Crippen LogP contribution in [0.4, 0.5) is 10.5 Å². The molecule has 0 bridgehead atoms. The molecule has 9 heteroatoms. The Balaban J connectivity index is 1.42. The van der Waals surface area contributed by atoms with Crippen LogP contribution in [0.1, 0.15) is 28.2 Å². The highest BCUT2D eigenvalue weighted by atomic mass is 79.9. The Morgan fingerprint density at radius 2 is 1.31 bits per heavy atom. The largest absolute Gasteiger partial charge is 0.360 e. The molecule has 3 atom stereocenters. The second-order valence-corrected chi connectivity index (χ2v) is 13.1. The Hall–Kier alpha value is -3.79. The molecular weight excluding hydrogens is 630 g/mol. The number of amides is 3. The lowest BCUT2D eigenvalue weighted by Gasteiger charge is -2.35. The molecule has 4 aromatic carbocycles. The van der Waals surface area contributed by atoms with Gasteiger partial charge < -0.3 is 10.2 Å². The number of hydrogen-bond acceptors (Lipinski definition) is 5. The lowest BCUT2D eigenvalue weighted by Crippen LogP contribution is -2.52. The molecule has 2 fully saturated rings. The number of para-hydroxylation sites is 1. The van der Waals surface area contributed by atoms with Gasteiger partial charge in [0.2, 0.25) is 0 Å². The zero-order chi connectivity index (χ0) is 29.1. The Kier molecular flexibility index (Phi) is 6.56. The summed E-state index contributed by atoms with van der Waals surface area (Å²) in [6.45, 7) is 0.471. The van der Waals surface area contributed by atoms with Crippen LogP contribution in [0.15, 0.2) is 114 Å². The molecule has 0 aliphatic carbocycles. The quantitative estimate of drug-likeness (QED) is 0.247. The zero-order valence-electron chi connectivity index (χ0n) is 22.2. The molecule has 0 unspecified atom stereocenters. The van der Waals surface area contributed by atoms with Gasteiger partial charge in [-0.05, 0) is 40.6 Å². The van der Waals surface area contributed by atoms with Crippen LogP contribution in [0, 0.1) is 0 Å². The summed E-state index contributed by atoms with van der Waals surface area (Å²) in [5.41, 5.74) is 2.60. The van der Waals surface area contributed by atoms with Gasteiger partial charge in [-0.15, -0.1) is 0 Å². The number of imide groups is 1. The number of anilines is 1. The number of thioether (sulfide) groups is 1. The molecule has 0 saturated carbocycles. The number of carbonyl (C=O) groups excluding carboxylic acids is 3. The fraction of sp³-hybridized carbons (Fsp3) is 0.152. The average molecular weight is 655 g/mol. The van der Waals surface area contributed by atoms with Crippen LogP contribution < -0.4 is 10.2 Å². The van der Waals surface area contributed by atoms with E-state index in [0.717, 1.165) is 44.2 Å². The molecule has 3 amide bonds. The fourth-order valence-corrected chi connectivity index (χ4v) is 8.79. The molecule has 6 nitrogen and oxygen atoms in total. The molecule has 2 saturated heterocycles. The molecular formula is C33H24BrN3O3S2. The predicted molar refractivity (Wildman–Crippen MR) is 171 cm³/mol. The van der Waals surface area contributed by atoms with Gasteiger partial charge >= 0.3 is 0 Å². The van der Waals surface area contributed by atoms with Crippen molar-refractivity contribution in [2.75, 3.05) is 4.90 Å². The van der Waals surface area contributed by atoms with E-state index in [1.165, 1.54) is 4.90 Å². The maximum Gasteiger partial charge on any atom is 0.290 e. The third kappa shape index (κ3) is 3.83. The van der Waals surface area contributed by atoms with Crippen LogP contribution in [0.2, 0.25) is 0 Å². The van der Waals surface area contributed by atoms with Crippen LogP contribution in [0.3, 0.4) is 0 Å². The summed E-state index contributed by atoms with van der Waals surface area (Å²) in [6.07, 6.45) is 0. The first-order valence-corrected chi connectivity index (χ1v) is 15.5. The zero-order valence-corrected chi connectivity index (χ0v) is 25.4. The number of thiocarbonyl (C=S) groups is 1. The number of nitrogens with one attached hydrogen (secondary N) is 1. The second-order valence-electron chi connectivity index (χ2n) is 10.6. The summed E-state index contributed by atoms with van der Waals surface area (Å²) in [7, 11) is 0. The van der Waals surface area contributed by atoms with Crippen molar-refractivity contribution in [2.24, 2.45) is 0 Å². The van der Waals surface area contributed by atoms with Crippen LogP contribution in [-0.4, -0.2) is 31.7 Å². The molecule has 3 aliphatic heterocycles. The van der Waals surface area contributed by atoms with Crippen molar-refractivity contribution >= 4 is 67.6 Å². The number of halogens is 1. The van der Waals surface area contributed by atoms with E-state index in [1.807, 2.05) is 109 Å². The minimum atomic E-state index is -1.52. The minimum absolute atomic E-state index is 0.121. The Morgan fingerprint density at radius 1 is 0.738 bits per heavy atom. The molecule has 3 heterocycles. The van der Waals surface area contributed by atoms with Crippen molar-refractivity contribution in [2.45, 2.75) is 29.3 Å². The maximum absolute atomic E-state index is 14.9. The second kappa shape index (κ2) is 10.2. The molecule has 2 spiro atoms. The normalized spacial score (nSPS) is 24.6. The van der Waals surface area contributed by atoms with Crippen LogP contribution in [0.5, 0.6) is 0 Å². The highest BCUT2D eigenvalue weighted by Gasteiger charge is 2.75. The van der Waals surface area contributed by atoms with E-state index < -0.39 is 22.1 Å². The first-order chi connectivity index (χ1) is 20.4. The molecule has 0 aromatic heterocycles. The lowest BCUT2D eigenvalue weighted by atomic mass is 9.71. The van der Waals surface area contributed by atoms with Gasteiger partial charge in [0, 0.05) is 10.0 Å². The van der Waals surface area contributed by atoms with Crippen molar-refractivity contribution in [3.8, 4) is 0 Å². The van der Waals surface area contributed by atoms with Gasteiger partial charge in [-0.25, -0.2) is 0 Å². The standard InChI is InChI=1S/C33H24BrN3O3S2/c34-25-17-9-7-15-23(25)27-32(24-16-8-10-18-26(24)36(29(32)38)19-21-11-3-1-4-12-21)35-28(41)33(27)30(39)37(31(40)42-33)20-22-13-5-2-6-14-22/h1-18,27H,19-20H2,(H,35,41)/t27-,32+,33-/m1/s1. The average Bonchev–Trinajstić information content (AvgIpc) is 3.51. The highest BCUT2D eigenvalue weighted by molar-refractivity contribution is 9.10. The molecule has 42 heavy (non-hydrogen) atoms. The topological polar surface area (TPSA) is 69.7 Å². The van der Waals surface area contributed by atoms with Crippen LogP contribution in [-0.2, 0) is 28.2 Å². The molecule has 7 rings (SSSR count). The predicted octanol–water partition coefficient (Wildman–Crippen LogP) is 6.54. The van der Waals surface area contributed by atoms with Gasteiger partial charge in [0.05, 0.1) is 24.7 Å². The molecule has 0 radical (unpaired) electrons. The van der Waals surface area contributed by atoms with Crippen molar-refractivity contribution in [3.05, 3.63) is 136 Å². The van der Waals surface area contributed by atoms with E-state index in [0.29, 0.717) is 6.54 Å². The van der Waals surface area contributed by atoms with Gasteiger partial charge in [-0.2, -0.15) is 0 Å². The van der Waals surface area contributed by atoms with E-state index in [1.54, 1.807) is 4.90 Å². The van der Waals surface area contributed by atoms with Gasteiger partial charge in [0.1, 0.15) is 4.99 Å². The van der Waals surface area contributed by atoms with Gasteiger partial charge in [0.25, 0.3) is 17.1 Å². The number of nitrogens with zero attached hydrogens (tertiary/aromatic N) is 2. The van der Waals surface area contributed by atoms with E-state index in [4.69, 9.17) is 12.2 Å². The Bertz CT molecular complexity index is 1770. The Labute approximate surface area is 261 Å². The number of carbonyl (C=O) groups is 3. The molecule has 4 aromatic rings. The maximum atomic E-state index is 14.9. The van der Waals surface area contributed by atoms with E-state index in [-0.39, 0.29) is 22.7 Å². The van der Waals surface area contributed by atoms with Gasteiger partial charge in [-0.3, -0.25) is 19.3 Å². The summed E-state index contributed by atoms with van der Waals surface area (Å²) in [6, 6.07) is 34.4. The molecule has 3 aliphatic rings. The number of rotatable bonds is 5. The first-order valence-electron chi connectivity index (χ1n) is 13.5. The van der Waals surface area contributed by atoms with Crippen LogP contribution >= 0.6 is 39.9 Å². The van der Waals surface area contributed by atoms with E-state index in [9.17, 15) is 14.4 Å². The van der Waals surface area contributed by atoms with E-state index in [2.05, 4.69) is 21.2 Å². The van der Waals surface area contributed by atoms with Crippen molar-refractivity contribution < 1.29 is 14.4 Å². The van der Waals surface area contributed by atoms with Crippen molar-refractivity contribution in [1.82, 2.24) is 10.2 Å². The lowest BCUT2D eigenvalue weighted by molar-refractivity contribution is -0.129. The SMILES string of the molecule is O=C1S[C@@]2(C(=O)N1Cc1ccccc1)C(=S)N[C@]1(C(=O)N(Cc3ccccc3)c3ccccc31)[C@H]2c1ccccc1Br. The number of benzene rings is 4. The summed E-state index contributed by atoms with van der Waals surface area (Å²) in [5, 5.41) is 3.01. The van der Waals surface area contributed by atoms with Crippen molar-refractivity contribution in [1.29, 1.82) is 0 Å². The number of hydrogen-bond donors (Lipinski definition) is 1. The third-order valence-corrected chi connectivity index (χ3v) is 10.9.